The van der Waals surface area contributed by atoms with Crippen molar-refractivity contribution in [3.8, 4) is 0 Å². The zero-order valence-corrected chi connectivity index (χ0v) is 12.0. The van der Waals surface area contributed by atoms with Crippen LogP contribution in [0.25, 0.3) is 0 Å². The van der Waals surface area contributed by atoms with Crippen LogP contribution in [0.4, 0.5) is 0 Å². The smallest absolute Gasteiger partial charge is 0.279 e. The maximum atomic E-state index is 12.0. The molecule has 0 aromatic rings. The minimum Gasteiger partial charge on any atom is -0.330 e. The van der Waals surface area contributed by atoms with E-state index in [1.165, 1.54) is 30.0 Å². The Morgan fingerprint density at radius 2 is 1.83 bits per heavy atom. The maximum Gasteiger partial charge on any atom is 0.279 e. The minimum absolute atomic E-state index is 0.489. The number of nitrogens with two attached hydrogens (primary N) is 1. The summed E-state index contributed by atoms with van der Waals surface area (Å²) in [6, 6.07) is 0. The molecule has 2 rings (SSSR count). The van der Waals surface area contributed by atoms with Crippen molar-refractivity contribution in [2.45, 2.75) is 32.1 Å². The molecule has 0 saturated heterocycles. The van der Waals surface area contributed by atoms with Crippen molar-refractivity contribution < 1.29 is 8.42 Å². The zero-order chi connectivity index (χ0) is 13.2. The Kier molecular flexibility index (Phi) is 4.64. The van der Waals surface area contributed by atoms with Crippen LogP contribution in [0.3, 0.4) is 0 Å². The van der Waals surface area contributed by atoms with Gasteiger partial charge in [0.15, 0.2) is 0 Å². The van der Waals surface area contributed by atoms with Gasteiger partial charge in [0.2, 0.25) is 0 Å². The summed E-state index contributed by atoms with van der Waals surface area (Å²) in [5.74, 6) is 2.12. The summed E-state index contributed by atoms with van der Waals surface area (Å²) in [7, 11) is -1.70. The number of hydrogen-bond donors (Lipinski definition) is 2. The van der Waals surface area contributed by atoms with E-state index in [2.05, 4.69) is 4.72 Å². The minimum atomic E-state index is -3.31. The first-order valence-electron chi connectivity index (χ1n) is 6.95. The number of nitrogens with zero attached hydrogens (tertiary/aromatic N) is 1. The van der Waals surface area contributed by atoms with Gasteiger partial charge in [-0.2, -0.15) is 12.7 Å². The lowest BCUT2D eigenvalue weighted by Crippen LogP contribution is -2.41. The van der Waals surface area contributed by atoms with Crippen molar-refractivity contribution in [3.05, 3.63) is 0 Å². The van der Waals surface area contributed by atoms with E-state index in [1.54, 1.807) is 7.05 Å². The molecule has 0 amide bonds. The second-order valence-electron chi connectivity index (χ2n) is 5.66. The van der Waals surface area contributed by atoms with Gasteiger partial charge in [-0.1, -0.05) is 0 Å². The average Bonchev–Trinajstić information content (AvgIpc) is 3.16. The highest BCUT2D eigenvalue weighted by Gasteiger charge is 2.41. The van der Waals surface area contributed by atoms with Crippen LogP contribution in [0.5, 0.6) is 0 Å². The third kappa shape index (κ3) is 3.91. The van der Waals surface area contributed by atoms with Gasteiger partial charge in [0.25, 0.3) is 10.2 Å². The Hall–Kier alpha value is -0.170. The van der Waals surface area contributed by atoms with Crippen molar-refractivity contribution >= 4 is 10.2 Å². The number of rotatable bonds is 9. The zero-order valence-electron chi connectivity index (χ0n) is 11.1. The fourth-order valence-corrected chi connectivity index (χ4v) is 3.51. The molecule has 0 heterocycles. The molecule has 2 saturated carbocycles. The second-order valence-corrected chi connectivity index (χ2v) is 7.52. The summed E-state index contributed by atoms with van der Waals surface area (Å²) in [5, 5.41) is 0. The molecule has 18 heavy (non-hydrogen) atoms. The first-order valence-corrected chi connectivity index (χ1v) is 8.39. The Balaban J connectivity index is 1.79. The monoisotopic (exact) mass is 275 g/mol. The highest BCUT2D eigenvalue weighted by molar-refractivity contribution is 7.87. The van der Waals surface area contributed by atoms with Gasteiger partial charge in [0.1, 0.15) is 0 Å². The van der Waals surface area contributed by atoms with Crippen molar-refractivity contribution in [1.82, 2.24) is 9.03 Å². The molecule has 0 aliphatic heterocycles. The standard InChI is InChI=1S/C12H25N3O2S/c1-15(8-2-7-13)18(16,17)14-9-12(10-3-4-10)11-5-6-11/h10-12,14H,2-9,13H2,1H3. The van der Waals surface area contributed by atoms with Gasteiger partial charge in [-0.05, 0) is 56.4 Å². The molecule has 2 fully saturated rings. The molecular weight excluding hydrogens is 250 g/mol. The van der Waals surface area contributed by atoms with Gasteiger partial charge in [-0.3, -0.25) is 0 Å². The number of nitrogens with one attached hydrogen (secondary N) is 1. The van der Waals surface area contributed by atoms with Crippen LogP contribution in [0.15, 0.2) is 0 Å². The fraction of sp³-hybridized carbons (Fsp3) is 1.00. The van der Waals surface area contributed by atoms with Gasteiger partial charge in [0.05, 0.1) is 0 Å². The molecule has 0 unspecified atom stereocenters. The Labute approximate surface area is 110 Å². The molecule has 0 bridgehead atoms. The van der Waals surface area contributed by atoms with E-state index < -0.39 is 10.2 Å². The first kappa shape index (κ1) is 14.2. The van der Waals surface area contributed by atoms with Crippen molar-refractivity contribution in [2.75, 3.05) is 26.7 Å². The molecule has 106 valence electrons. The lowest BCUT2D eigenvalue weighted by atomic mass is 9.99. The largest absolute Gasteiger partial charge is 0.330 e. The third-order valence-electron chi connectivity index (χ3n) is 4.04. The van der Waals surface area contributed by atoms with E-state index in [1.807, 2.05) is 0 Å². The molecule has 0 spiro atoms. The van der Waals surface area contributed by atoms with Crippen LogP contribution in [0.1, 0.15) is 32.1 Å². The summed E-state index contributed by atoms with van der Waals surface area (Å²) in [6.45, 7) is 1.63. The van der Waals surface area contributed by atoms with Crippen LogP contribution in [-0.4, -0.2) is 39.4 Å². The van der Waals surface area contributed by atoms with Crippen molar-refractivity contribution in [1.29, 1.82) is 0 Å². The predicted molar refractivity (Wildman–Crippen MR) is 72.2 cm³/mol. The highest BCUT2D eigenvalue weighted by Crippen LogP contribution is 2.48. The van der Waals surface area contributed by atoms with Crippen LogP contribution in [0, 0.1) is 17.8 Å². The summed E-state index contributed by atoms with van der Waals surface area (Å²) in [6.07, 6.45) is 5.84. The molecule has 0 aromatic heterocycles. The van der Waals surface area contributed by atoms with Gasteiger partial charge >= 0.3 is 0 Å². The Bertz CT molecular complexity index is 352. The molecule has 5 nitrogen and oxygen atoms in total. The first-order chi connectivity index (χ1) is 8.54. The lowest BCUT2D eigenvalue weighted by molar-refractivity contribution is 0.389. The number of hydrogen-bond acceptors (Lipinski definition) is 3. The third-order valence-corrected chi connectivity index (χ3v) is 5.58. The van der Waals surface area contributed by atoms with Gasteiger partial charge in [-0.15, -0.1) is 0 Å². The Morgan fingerprint density at radius 3 is 2.28 bits per heavy atom. The van der Waals surface area contributed by atoms with E-state index in [4.69, 9.17) is 5.73 Å². The van der Waals surface area contributed by atoms with Gasteiger partial charge in [-0.25, -0.2) is 4.72 Å². The summed E-state index contributed by atoms with van der Waals surface area (Å²) >= 11 is 0. The predicted octanol–water partition coefficient (Wildman–Crippen LogP) is 0.538. The van der Waals surface area contributed by atoms with Crippen LogP contribution in [-0.2, 0) is 10.2 Å². The Morgan fingerprint density at radius 1 is 1.28 bits per heavy atom. The molecule has 0 atom stereocenters. The molecule has 2 aliphatic carbocycles. The molecule has 2 aliphatic rings. The van der Waals surface area contributed by atoms with Crippen LogP contribution >= 0.6 is 0 Å². The quantitative estimate of drug-likeness (QED) is 0.645. The summed E-state index contributed by atoms with van der Waals surface area (Å²) < 4.78 is 28.1. The van der Waals surface area contributed by atoms with Gasteiger partial charge in [0, 0.05) is 20.1 Å². The summed E-state index contributed by atoms with van der Waals surface area (Å²) in [5.41, 5.74) is 5.40. The lowest BCUT2D eigenvalue weighted by Gasteiger charge is -2.21. The maximum absolute atomic E-state index is 12.0. The normalized spacial score (nSPS) is 20.9. The van der Waals surface area contributed by atoms with Crippen LogP contribution < -0.4 is 10.5 Å². The summed E-state index contributed by atoms with van der Waals surface area (Å²) in [4.78, 5) is 0. The van der Waals surface area contributed by atoms with E-state index in [0.29, 0.717) is 32.0 Å². The molecule has 0 radical (unpaired) electrons. The van der Waals surface area contributed by atoms with E-state index in [-0.39, 0.29) is 0 Å². The van der Waals surface area contributed by atoms with E-state index in [9.17, 15) is 8.42 Å². The van der Waals surface area contributed by atoms with Crippen LogP contribution in [0.2, 0.25) is 0 Å². The van der Waals surface area contributed by atoms with E-state index >= 15 is 0 Å². The van der Waals surface area contributed by atoms with Gasteiger partial charge < -0.3 is 5.73 Å². The fourth-order valence-electron chi connectivity index (χ4n) is 2.51. The van der Waals surface area contributed by atoms with Crippen molar-refractivity contribution in [2.24, 2.45) is 23.5 Å². The highest BCUT2D eigenvalue weighted by atomic mass is 32.2. The SMILES string of the molecule is CN(CCCN)S(=O)(=O)NCC(C1CC1)C1CC1. The molecule has 6 heteroatoms. The van der Waals surface area contributed by atoms with E-state index in [0.717, 1.165) is 11.8 Å². The molecule has 0 aromatic carbocycles. The second kappa shape index (κ2) is 5.86. The topological polar surface area (TPSA) is 75.4 Å². The van der Waals surface area contributed by atoms with Crippen molar-refractivity contribution in [3.63, 3.8) is 0 Å². The molecular formula is C12H25N3O2S. The molecule has 3 N–H and O–H groups in total. The average molecular weight is 275 g/mol.